The van der Waals surface area contributed by atoms with E-state index in [1.165, 1.54) is 0 Å². The molecule has 17 heavy (non-hydrogen) atoms. The molecule has 0 aliphatic carbocycles. The number of hydrogen-bond acceptors (Lipinski definition) is 5. The van der Waals surface area contributed by atoms with Gasteiger partial charge in [0, 0.05) is 0 Å². The average Bonchev–Trinajstić information content (AvgIpc) is 1.96. The molecule has 0 aromatic carbocycles. The van der Waals surface area contributed by atoms with Crippen LogP contribution < -0.4 is 0 Å². The van der Waals surface area contributed by atoms with Gasteiger partial charge in [-0.25, -0.2) is 4.79 Å². The molecule has 0 amide bonds. The zero-order valence-corrected chi connectivity index (χ0v) is 15.4. The summed E-state index contributed by atoms with van der Waals surface area (Å²) in [4.78, 5) is 11.9. The van der Waals surface area contributed by atoms with Crippen molar-refractivity contribution in [3.05, 3.63) is 0 Å². The van der Waals surface area contributed by atoms with Crippen molar-refractivity contribution in [2.24, 2.45) is 0 Å². The third kappa shape index (κ3) is 7.48. The molecule has 0 N–H and O–H groups in total. The highest BCUT2D eigenvalue weighted by Gasteiger charge is 2.39. The number of ether oxygens (including phenoxy) is 1. The van der Waals surface area contributed by atoms with E-state index in [4.69, 9.17) is 25.0 Å². The first-order valence-electron chi connectivity index (χ1n) is 5.58. The second-order valence-electron chi connectivity index (χ2n) is 5.60. The fraction of sp³-hybridized carbons (Fsp3) is 0.889. The van der Waals surface area contributed by atoms with Crippen LogP contribution in [0.4, 0.5) is 4.79 Å². The Balaban J connectivity index is 5.08. The lowest BCUT2D eigenvalue weighted by Crippen LogP contribution is -2.32. The minimum atomic E-state index is -2.97. The van der Waals surface area contributed by atoms with Crippen molar-refractivity contribution >= 4 is 40.6 Å². The van der Waals surface area contributed by atoms with Gasteiger partial charge in [-0.05, 0) is 58.0 Å². The SMILES string of the molecule is CCOC(=O)P(=S)(O[Si](C)(C)C)O[Si](C)(C)C. The Labute approximate surface area is 111 Å². The largest absolute Gasteiger partial charge is 0.459 e. The van der Waals surface area contributed by atoms with Crippen molar-refractivity contribution in [2.75, 3.05) is 6.61 Å². The Kier molecular flexibility index (Phi) is 6.25. The molecule has 0 aliphatic heterocycles. The van der Waals surface area contributed by atoms with Crippen molar-refractivity contribution in [3.8, 4) is 0 Å². The number of rotatable bonds is 6. The van der Waals surface area contributed by atoms with E-state index < -0.39 is 28.8 Å². The summed E-state index contributed by atoms with van der Waals surface area (Å²) >= 11 is 5.35. The van der Waals surface area contributed by atoms with Gasteiger partial charge in [0.1, 0.15) is 0 Å². The molecular weight excluding hydrogens is 291 g/mol. The summed E-state index contributed by atoms with van der Waals surface area (Å²) in [5, 5.41) is 0. The van der Waals surface area contributed by atoms with Crippen molar-refractivity contribution in [2.45, 2.75) is 46.2 Å². The average molecular weight is 314 g/mol. The molecule has 0 bridgehead atoms. The number of carbonyl (C=O) groups is 1. The molecule has 0 radical (unpaired) electrons. The highest BCUT2D eigenvalue weighted by atomic mass is 32.5. The van der Waals surface area contributed by atoms with E-state index in [1.54, 1.807) is 6.92 Å². The van der Waals surface area contributed by atoms with Gasteiger partial charge in [-0.15, -0.1) is 0 Å². The lowest BCUT2D eigenvalue weighted by atomic mass is 10.9. The van der Waals surface area contributed by atoms with Gasteiger partial charge < -0.3 is 13.2 Å². The van der Waals surface area contributed by atoms with Crippen molar-refractivity contribution in [1.29, 1.82) is 0 Å². The third-order valence-corrected chi connectivity index (χ3v) is 9.95. The van der Waals surface area contributed by atoms with Gasteiger partial charge in [-0.2, -0.15) is 0 Å². The summed E-state index contributed by atoms with van der Waals surface area (Å²) in [6, 6.07) is 0. The zero-order valence-electron chi connectivity index (χ0n) is 11.7. The monoisotopic (exact) mass is 314 g/mol. The lowest BCUT2D eigenvalue weighted by Gasteiger charge is -2.32. The van der Waals surface area contributed by atoms with Crippen LogP contribution in [-0.2, 0) is 25.0 Å². The molecule has 4 nitrogen and oxygen atoms in total. The standard InChI is InChI=1S/C9H23O4PSSi2/c1-8-11-9(10)14(15,12-16(2,3)4)13-17(5,6)7/h8H2,1-7H3. The zero-order chi connectivity index (χ0) is 13.9. The van der Waals surface area contributed by atoms with Gasteiger partial charge >= 0.3 is 5.71 Å². The van der Waals surface area contributed by atoms with Gasteiger partial charge in [0.05, 0.1) is 6.61 Å². The lowest BCUT2D eigenvalue weighted by molar-refractivity contribution is 0.174. The maximum Gasteiger partial charge on any atom is 0.388 e. The maximum absolute atomic E-state index is 11.9. The summed E-state index contributed by atoms with van der Waals surface area (Å²) in [7, 11) is -3.89. The Morgan fingerprint density at radius 3 is 1.65 bits per heavy atom. The van der Waals surface area contributed by atoms with Gasteiger partial charge in [0.2, 0.25) is 0 Å². The molecule has 8 heteroatoms. The Bertz CT molecular complexity index is 302. The van der Waals surface area contributed by atoms with E-state index in [0.29, 0.717) is 6.61 Å². The molecule has 0 aliphatic rings. The minimum absolute atomic E-state index is 0.293. The molecule has 0 aromatic heterocycles. The van der Waals surface area contributed by atoms with Gasteiger partial charge in [0.15, 0.2) is 16.6 Å². The topological polar surface area (TPSA) is 44.8 Å². The molecule has 0 spiro atoms. The molecule has 102 valence electrons. The van der Waals surface area contributed by atoms with E-state index >= 15 is 0 Å². The van der Waals surface area contributed by atoms with Gasteiger partial charge in [-0.1, -0.05) is 0 Å². The van der Waals surface area contributed by atoms with E-state index in [0.717, 1.165) is 0 Å². The van der Waals surface area contributed by atoms with Crippen LogP contribution in [0.5, 0.6) is 0 Å². The van der Waals surface area contributed by atoms with Crippen molar-refractivity contribution < 1.29 is 18.0 Å². The molecule has 0 rings (SSSR count). The van der Waals surface area contributed by atoms with Crippen molar-refractivity contribution in [3.63, 3.8) is 0 Å². The number of hydrogen-bond donors (Lipinski definition) is 0. The molecule has 0 heterocycles. The fourth-order valence-corrected chi connectivity index (χ4v) is 12.3. The van der Waals surface area contributed by atoms with Crippen LogP contribution in [0.25, 0.3) is 0 Å². The van der Waals surface area contributed by atoms with E-state index in [2.05, 4.69) is 0 Å². The smallest absolute Gasteiger partial charge is 0.388 e. The molecule has 0 saturated heterocycles. The maximum atomic E-state index is 11.9. The van der Waals surface area contributed by atoms with Crippen LogP contribution in [0, 0.1) is 0 Å². The summed E-state index contributed by atoms with van der Waals surface area (Å²) in [6.07, 6.45) is 0. The Hall–Kier alpha value is 0.474. The second kappa shape index (κ2) is 6.08. The van der Waals surface area contributed by atoms with Crippen LogP contribution in [0.1, 0.15) is 6.92 Å². The minimum Gasteiger partial charge on any atom is -0.459 e. The van der Waals surface area contributed by atoms with Gasteiger partial charge in [-0.3, -0.25) is 0 Å². The Morgan fingerprint density at radius 2 is 1.41 bits per heavy atom. The Morgan fingerprint density at radius 1 is 1.06 bits per heavy atom. The van der Waals surface area contributed by atoms with E-state index in [-0.39, 0.29) is 0 Å². The highest BCUT2D eigenvalue weighted by Crippen LogP contribution is 2.54. The first-order chi connectivity index (χ1) is 7.40. The highest BCUT2D eigenvalue weighted by molar-refractivity contribution is 8.18. The predicted octanol–water partition coefficient (Wildman–Crippen LogP) is 4.16. The first-order valence-corrected chi connectivity index (χ1v) is 15.0. The first kappa shape index (κ1) is 17.5. The van der Waals surface area contributed by atoms with E-state index in [1.807, 2.05) is 39.3 Å². The van der Waals surface area contributed by atoms with Crippen LogP contribution in [0.2, 0.25) is 39.3 Å². The summed E-state index contributed by atoms with van der Waals surface area (Å²) in [6.45, 7) is 11.0. The molecule has 0 atom stereocenters. The van der Waals surface area contributed by atoms with Crippen LogP contribution in [0.15, 0.2) is 0 Å². The molecule has 0 fully saturated rings. The molecular formula is C9H23O4PSSi2. The molecule has 0 aromatic rings. The van der Waals surface area contributed by atoms with E-state index in [9.17, 15) is 4.79 Å². The second-order valence-corrected chi connectivity index (χ2v) is 18.3. The van der Waals surface area contributed by atoms with Crippen LogP contribution in [-0.4, -0.2) is 29.0 Å². The quantitative estimate of drug-likeness (QED) is 0.544. The number of carbonyl (C=O) groups excluding carboxylic acids is 1. The van der Waals surface area contributed by atoms with Crippen LogP contribution in [0.3, 0.4) is 0 Å². The fourth-order valence-electron chi connectivity index (χ4n) is 1.02. The van der Waals surface area contributed by atoms with Crippen LogP contribution >= 0.6 is 6.49 Å². The molecule has 0 unspecified atom stereocenters. The predicted molar refractivity (Wildman–Crippen MR) is 80.2 cm³/mol. The van der Waals surface area contributed by atoms with Crippen molar-refractivity contribution in [1.82, 2.24) is 0 Å². The van der Waals surface area contributed by atoms with Gasteiger partial charge in [0.25, 0.3) is 6.49 Å². The summed E-state index contributed by atoms with van der Waals surface area (Å²) < 4.78 is 16.6. The summed E-state index contributed by atoms with van der Waals surface area (Å²) in [5.74, 6) is 0. The third-order valence-electron chi connectivity index (χ3n) is 1.28. The normalized spacial score (nSPS) is 13.6. The summed E-state index contributed by atoms with van der Waals surface area (Å²) in [5.41, 5.74) is -0.500. The molecule has 0 saturated carbocycles.